The molecular weight excluding hydrogens is 1380 g/mol. The van der Waals surface area contributed by atoms with E-state index in [-0.39, 0.29) is 18.9 Å². The van der Waals surface area contributed by atoms with Crippen LogP contribution in [0.1, 0.15) is 373 Å². The average Bonchev–Trinajstić information content (AvgIpc) is 0.782. The first-order valence-corrected chi connectivity index (χ1v) is 45.0. The van der Waals surface area contributed by atoms with E-state index in [2.05, 4.69) is 67.8 Å². The fourth-order valence-corrected chi connectivity index (χ4v) is 15.1. The van der Waals surface area contributed by atoms with Crippen molar-refractivity contribution >= 4 is 5.91 Å². The van der Waals surface area contributed by atoms with Gasteiger partial charge in [-0.15, -0.1) is 0 Å². The molecule has 17 atom stereocenters. The van der Waals surface area contributed by atoms with Gasteiger partial charge in [-0.05, 0) is 77.0 Å². The number of carbonyl (C=O) groups excluding carboxylic acids is 1. The Balaban J connectivity index is 1.35. The highest BCUT2D eigenvalue weighted by Gasteiger charge is 2.54. The zero-order valence-electron chi connectivity index (χ0n) is 68.8. The Hall–Kier alpha value is -2.51. The van der Waals surface area contributed by atoms with Gasteiger partial charge < -0.3 is 89.9 Å². The Morgan fingerprint density at radius 1 is 0.330 bits per heavy atom. The number of rotatable bonds is 73. The normalized spacial score (nSPS) is 25.5. The van der Waals surface area contributed by atoms with Gasteiger partial charge in [0.1, 0.15) is 73.2 Å². The highest BCUT2D eigenvalue weighted by Crippen LogP contribution is 2.34. The summed E-state index contributed by atoms with van der Waals surface area (Å²) in [4.78, 5) is 13.5. The number of unbranched alkanes of at least 4 members (excludes halogenated alkanes) is 49. The zero-order valence-corrected chi connectivity index (χ0v) is 68.8. The number of amides is 1. The van der Waals surface area contributed by atoms with Crippen LogP contribution in [0, 0.1) is 0 Å². The highest BCUT2D eigenvalue weighted by molar-refractivity contribution is 5.76. The number of hydrogen-bond acceptors (Lipinski definition) is 18. The summed E-state index contributed by atoms with van der Waals surface area (Å²) in [6.07, 6.45) is 65.2. The van der Waals surface area contributed by atoms with Crippen LogP contribution in [0.2, 0.25) is 0 Å². The first-order valence-electron chi connectivity index (χ1n) is 45.0. The van der Waals surface area contributed by atoms with Crippen LogP contribution in [-0.2, 0) is 33.2 Å². The molecule has 17 unspecified atom stereocenters. The summed E-state index contributed by atoms with van der Waals surface area (Å²) in [5.41, 5.74) is 0. The van der Waals surface area contributed by atoms with Crippen molar-refractivity contribution in [1.82, 2.24) is 5.32 Å². The van der Waals surface area contributed by atoms with Crippen molar-refractivity contribution in [2.75, 3.05) is 26.4 Å². The number of hydrogen-bond donors (Lipinski definition) is 12. The smallest absolute Gasteiger partial charge is 0.220 e. The first-order chi connectivity index (χ1) is 53.3. The molecule has 3 saturated heterocycles. The monoisotopic (exact) mass is 1550 g/mol. The maximum Gasteiger partial charge on any atom is 0.220 e. The fourth-order valence-electron chi connectivity index (χ4n) is 15.1. The van der Waals surface area contributed by atoms with E-state index in [1.54, 1.807) is 6.08 Å². The molecule has 0 bridgehead atoms. The molecule has 109 heavy (non-hydrogen) atoms. The molecule has 0 aromatic heterocycles. The maximum absolute atomic E-state index is 13.5. The van der Waals surface area contributed by atoms with E-state index in [1.165, 1.54) is 289 Å². The zero-order chi connectivity index (χ0) is 78.8. The lowest BCUT2D eigenvalue weighted by Gasteiger charge is -2.48. The van der Waals surface area contributed by atoms with E-state index in [9.17, 15) is 61.0 Å². The average molecular weight is 1550 g/mol. The number of nitrogens with one attached hydrogen (secondary N) is 1. The molecule has 19 heteroatoms. The molecule has 0 aliphatic carbocycles. The van der Waals surface area contributed by atoms with Crippen molar-refractivity contribution in [3.05, 3.63) is 60.8 Å². The van der Waals surface area contributed by atoms with Crippen LogP contribution in [0.25, 0.3) is 0 Å². The molecule has 1 amide bonds. The molecule has 3 fully saturated rings. The van der Waals surface area contributed by atoms with Gasteiger partial charge in [0.25, 0.3) is 0 Å². The van der Waals surface area contributed by atoms with Crippen LogP contribution in [-0.4, -0.2) is 193 Å². The molecule has 12 N–H and O–H groups in total. The summed E-state index contributed by atoms with van der Waals surface area (Å²) < 4.78 is 34.5. The van der Waals surface area contributed by atoms with E-state index in [1.807, 2.05) is 6.08 Å². The minimum absolute atomic E-state index is 0.233. The van der Waals surface area contributed by atoms with E-state index in [4.69, 9.17) is 28.4 Å². The topological polar surface area (TPSA) is 307 Å². The molecule has 0 aromatic rings. The van der Waals surface area contributed by atoms with Crippen LogP contribution in [0.3, 0.4) is 0 Å². The summed E-state index contributed by atoms with van der Waals surface area (Å²) in [6, 6.07) is -1.000. The van der Waals surface area contributed by atoms with Gasteiger partial charge in [0.15, 0.2) is 18.9 Å². The molecule has 3 heterocycles. The number of ether oxygens (including phenoxy) is 6. The van der Waals surface area contributed by atoms with Gasteiger partial charge in [0, 0.05) is 6.42 Å². The third-order valence-corrected chi connectivity index (χ3v) is 22.3. The Morgan fingerprint density at radius 3 is 0.972 bits per heavy atom. The Labute approximate surface area is 662 Å². The minimum atomic E-state index is -1.99. The van der Waals surface area contributed by atoms with Crippen molar-refractivity contribution in [1.29, 1.82) is 0 Å². The lowest BCUT2D eigenvalue weighted by Crippen LogP contribution is -2.66. The fraction of sp³-hybridized carbons (Fsp3) is 0.878. The SMILES string of the molecule is CCCCCCC/C=C\C/C=C\CCCCCCCCCCCCCCCCCCCCCC(=O)NC(COC1OC(CO)C(OC2OC(CO)C(OC3OC(CO)C(O)C(O)C3O)C(O)C2O)C(O)C1O)C(O)/C=C/CC/C=C/CC/C=C/CCCCCCCCCCCCCCCCCCCCCCCCC. The predicted octanol–water partition coefficient (Wildman–Crippen LogP) is 17.0. The molecule has 3 aliphatic rings. The van der Waals surface area contributed by atoms with Crippen molar-refractivity contribution in [2.45, 2.75) is 478 Å². The molecule has 0 saturated carbocycles. The van der Waals surface area contributed by atoms with Crippen LogP contribution >= 0.6 is 0 Å². The Kier molecular flexibility index (Phi) is 64.4. The number of aliphatic hydroxyl groups is 11. The molecular formula is C90H165NO18. The van der Waals surface area contributed by atoms with E-state index in [0.717, 1.165) is 51.4 Å². The standard InChI is InChI=1S/C90H165NO18/c1-3-5-7-9-11-13-15-17-19-21-23-25-27-29-31-33-35-36-38-39-41-43-45-47-49-51-53-55-57-59-61-63-65-67-74(95)73(91-78(96)68-66-64-62-60-58-56-54-52-50-48-46-44-42-40-37-34-32-30-28-26-24-22-20-18-16-14-12-10-8-6-4-2)72-104-88-84(102)81(99)86(76(70-93)106-88)109-90-85(103)82(100)87(77(71-94)107-90)108-89-83(101)80(98)79(97)75(69-92)105-89/h16,18,22,24,49,51,57,59,65,67,73-77,79-90,92-95,97-103H,3-15,17,19-21,23,25-48,50,52-56,58,60-64,66,68-72H2,1-2H3,(H,91,96)/b18-16-,24-22-,51-49+,59-57+,67-65+. The van der Waals surface area contributed by atoms with Crippen LogP contribution < -0.4 is 5.32 Å². The quantitative estimate of drug-likeness (QED) is 0.0199. The first kappa shape index (κ1) is 101. The largest absolute Gasteiger partial charge is 0.394 e. The van der Waals surface area contributed by atoms with Crippen LogP contribution in [0.4, 0.5) is 0 Å². The van der Waals surface area contributed by atoms with Gasteiger partial charge >= 0.3 is 0 Å². The second-order valence-corrected chi connectivity index (χ2v) is 32.0. The lowest BCUT2D eigenvalue weighted by molar-refractivity contribution is -0.379. The number of allylic oxidation sites excluding steroid dienone is 9. The summed E-state index contributed by atoms with van der Waals surface area (Å²) in [5.74, 6) is -0.284. The second-order valence-electron chi connectivity index (χ2n) is 32.0. The van der Waals surface area contributed by atoms with E-state index >= 15 is 0 Å². The second kappa shape index (κ2) is 69.8. The minimum Gasteiger partial charge on any atom is -0.394 e. The molecule has 0 radical (unpaired) electrons. The van der Waals surface area contributed by atoms with E-state index < -0.39 is 124 Å². The van der Waals surface area contributed by atoms with Crippen molar-refractivity contribution < 1.29 is 89.4 Å². The molecule has 0 aromatic carbocycles. The predicted molar refractivity (Wildman–Crippen MR) is 439 cm³/mol. The van der Waals surface area contributed by atoms with Crippen molar-refractivity contribution in [3.8, 4) is 0 Å². The summed E-state index contributed by atoms with van der Waals surface area (Å²) in [6.45, 7) is 1.76. The third-order valence-electron chi connectivity index (χ3n) is 22.3. The van der Waals surface area contributed by atoms with Crippen molar-refractivity contribution in [3.63, 3.8) is 0 Å². The van der Waals surface area contributed by atoms with Gasteiger partial charge in [-0.3, -0.25) is 4.79 Å². The van der Waals surface area contributed by atoms with Gasteiger partial charge in [-0.2, -0.15) is 0 Å². The molecule has 0 spiro atoms. The number of carbonyl (C=O) groups is 1. The number of aliphatic hydroxyl groups excluding tert-OH is 11. The Morgan fingerprint density at radius 2 is 0.615 bits per heavy atom. The summed E-state index contributed by atoms with van der Waals surface area (Å²) in [5, 5.41) is 121. The van der Waals surface area contributed by atoms with Gasteiger partial charge in [-0.1, -0.05) is 351 Å². The summed E-state index contributed by atoms with van der Waals surface area (Å²) in [7, 11) is 0. The van der Waals surface area contributed by atoms with Gasteiger partial charge in [0.2, 0.25) is 5.91 Å². The molecule has 3 aliphatic heterocycles. The molecule has 3 rings (SSSR count). The lowest BCUT2D eigenvalue weighted by atomic mass is 9.96. The summed E-state index contributed by atoms with van der Waals surface area (Å²) >= 11 is 0. The molecule has 19 nitrogen and oxygen atoms in total. The van der Waals surface area contributed by atoms with E-state index in [0.29, 0.717) is 12.8 Å². The third kappa shape index (κ3) is 48.6. The van der Waals surface area contributed by atoms with Crippen molar-refractivity contribution in [2.24, 2.45) is 0 Å². The van der Waals surface area contributed by atoms with Gasteiger partial charge in [-0.25, -0.2) is 0 Å². The molecule has 638 valence electrons. The van der Waals surface area contributed by atoms with Crippen LogP contribution in [0.15, 0.2) is 60.8 Å². The van der Waals surface area contributed by atoms with Crippen LogP contribution in [0.5, 0.6) is 0 Å². The van der Waals surface area contributed by atoms with Gasteiger partial charge in [0.05, 0.1) is 38.6 Å². The Bertz CT molecular complexity index is 2200. The maximum atomic E-state index is 13.5. The highest BCUT2D eigenvalue weighted by atomic mass is 16.8.